The van der Waals surface area contributed by atoms with Gasteiger partial charge >= 0.3 is 5.97 Å². The van der Waals surface area contributed by atoms with Gasteiger partial charge in [0.05, 0.1) is 16.3 Å². The van der Waals surface area contributed by atoms with E-state index < -0.39 is 23.8 Å². The van der Waals surface area contributed by atoms with E-state index >= 15 is 0 Å². The quantitative estimate of drug-likeness (QED) is 0.756. The van der Waals surface area contributed by atoms with Gasteiger partial charge in [0, 0.05) is 10.6 Å². The third-order valence-corrected chi connectivity index (χ3v) is 4.34. The van der Waals surface area contributed by atoms with Crippen LogP contribution in [0.15, 0.2) is 42.0 Å². The number of esters is 1. The molecule has 5 nitrogen and oxygen atoms in total. The highest BCUT2D eigenvalue weighted by Gasteiger charge is 2.24. The molecule has 8 heteroatoms. The monoisotopic (exact) mass is 409 g/mol. The highest BCUT2D eigenvalue weighted by atomic mass is 35.5. The van der Waals surface area contributed by atoms with Crippen LogP contribution in [0.4, 0.5) is 10.1 Å². The van der Waals surface area contributed by atoms with E-state index in [1.807, 2.05) is 0 Å². The van der Waals surface area contributed by atoms with Gasteiger partial charge in [-0.05, 0) is 49.4 Å². The maximum atomic E-state index is 13.1. The molecule has 1 aliphatic heterocycles. The minimum atomic E-state index is -1.10. The Hall–Kier alpha value is -2.57. The first-order valence-electron chi connectivity index (χ1n) is 7.93. The van der Waals surface area contributed by atoms with Crippen LogP contribution in [0, 0.1) is 5.82 Å². The fraction of sp³-hybridized carbons (Fsp3) is 0.158. The number of benzene rings is 2. The van der Waals surface area contributed by atoms with E-state index in [2.05, 4.69) is 5.32 Å². The molecule has 1 unspecified atom stereocenters. The predicted molar refractivity (Wildman–Crippen MR) is 101 cm³/mol. The van der Waals surface area contributed by atoms with Crippen molar-refractivity contribution in [3.63, 3.8) is 0 Å². The van der Waals surface area contributed by atoms with Crippen LogP contribution in [0.1, 0.15) is 12.5 Å². The zero-order valence-electron chi connectivity index (χ0n) is 14.1. The van der Waals surface area contributed by atoms with Gasteiger partial charge in [-0.2, -0.15) is 0 Å². The number of carbonyl (C=O) groups excluding carboxylic acids is 2. The van der Waals surface area contributed by atoms with Crippen molar-refractivity contribution in [3.05, 3.63) is 63.4 Å². The van der Waals surface area contributed by atoms with Gasteiger partial charge in [0.25, 0.3) is 5.91 Å². The number of halogens is 3. The van der Waals surface area contributed by atoms with E-state index in [9.17, 15) is 14.0 Å². The zero-order chi connectivity index (χ0) is 19.6. The van der Waals surface area contributed by atoms with Gasteiger partial charge < -0.3 is 14.8 Å². The first-order chi connectivity index (χ1) is 12.8. The summed E-state index contributed by atoms with van der Waals surface area (Å²) < 4.78 is 23.7. The summed E-state index contributed by atoms with van der Waals surface area (Å²) in [7, 11) is 0. The molecule has 0 saturated carbocycles. The van der Waals surface area contributed by atoms with Crippen LogP contribution < -0.4 is 10.1 Å². The van der Waals surface area contributed by atoms with Gasteiger partial charge in [-0.1, -0.05) is 23.2 Å². The molecule has 0 bridgehead atoms. The SMILES string of the molecule is CC(OC(=O)C1=Cc2cc(Cl)ccc2OC1)C(=O)Nc1ccc(F)cc1Cl. The standard InChI is InChI=1S/C19H14Cl2FNO4/c1-10(18(24)23-16-4-3-14(22)8-15(16)21)27-19(25)12-6-11-7-13(20)2-5-17(11)26-9-12/h2-8,10H,9H2,1H3,(H,23,24). The van der Waals surface area contributed by atoms with Gasteiger partial charge in [0.15, 0.2) is 6.10 Å². The lowest BCUT2D eigenvalue weighted by atomic mass is 10.1. The molecule has 140 valence electrons. The molecule has 1 atom stereocenters. The van der Waals surface area contributed by atoms with Crippen LogP contribution in [-0.2, 0) is 14.3 Å². The lowest BCUT2D eigenvalue weighted by Gasteiger charge is -2.19. The van der Waals surface area contributed by atoms with E-state index in [0.29, 0.717) is 16.3 Å². The van der Waals surface area contributed by atoms with Crippen molar-refractivity contribution in [2.75, 3.05) is 11.9 Å². The number of hydrogen-bond donors (Lipinski definition) is 1. The molecule has 3 rings (SSSR count). The van der Waals surface area contributed by atoms with Crippen LogP contribution >= 0.6 is 23.2 Å². The zero-order valence-corrected chi connectivity index (χ0v) is 15.6. The third-order valence-electron chi connectivity index (χ3n) is 3.79. The Kier molecular flexibility index (Phi) is 5.68. The van der Waals surface area contributed by atoms with Gasteiger partial charge in [-0.3, -0.25) is 4.79 Å². The molecule has 0 saturated heterocycles. The van der Waals surface area contributed by atoms with Crippen molar-refractivity contribution in [2.24, 2.45) is 0 Å². The number of rotatable bonds is 4. The molecular formula is C19H14Cl2FNO4. The minimum Gasteiger partial charge on any atom is -0.488 e. The number of fused-ring (bicyclic) bond motifs is 1. The average Bonchev–Trinajstić information content (AvgIpc) is 2.63. The summed E-state index contributed by atoms with van der Waals surface area (Å²) in [6, 6.07) is 8.60. The first-order valence-corrected chi connectivity index (χ1v) is 8.69. The van der Waals surface area contributed by atoms with Crippen LogP contribution in [0.25, 0.3) is 6.08 Å². The van der Waals surface area contributed by atoms with E-state index in [1.54, 1.807) is 24.3 Å². The molecule has 0 aromatic heterocycles. The molecule has 1 amide bonds. The Morgan fingerprint density at radius 1 is 1.22 bits per heavy atom. The first kappa shape index (κ1) is 19.2. The Bertz CT molecular complexity index is 945. The lowest BCUT2D eigenvalue weighted by molar-refractivity contribution is -0.149. The molecule has 0 fully saturated rings. The van der Waals surface area contributed by atoms with Gasteiger partial charge in [0.1, 0.15) is 18.2 Å². The Balaban J connectivity index is 1.66. The number of carbonyl (C=O) groups is 2. The summed E-state index contributed by atoms with van der Waals surface area (Å²) in [6.45, 7) is 1.44. The second-order valence-corrected chi connectivity index (χ2v) is 6.64. The number of anilines is 1. The van der Waals surface area contributed by atoms with Crippen LogP contribution in [-0.4, -0.2) is 24.6 Å². The lowest BCUT2D eigenvalue weighted by Crippen LogP contribution is -2.31. The van der Waals surface area contributed by atoms with Crippen molar-refractivity contribution in [3.8, 4) is 5.75 Å². The van der Waals surface area contributed by atoms with Gasteiger partial charge in [-0.15, -0.1) is 0 Å². The summed E-state index contributed by atoms with van der Waals surface area (Å²) >= 11 is 11.8. The third kappa shape index (κ3) is 4.59. The number of amides is 1. The Morgan fingerprint density at radius 3 is 2.74 bits per heavy atom. The van der Waals surface area contributed by atoms with Crippen LogP contribution in [0.2, 0.25) is 10.0 Å². The minimum absolute atomic E-state index is 0.0194. The molecule has 1 heterocycles. The fourth-order valence-corrected chi connectivity index (χ4v) is 2.78. The average molecular weight is 410 g/mol. The smallest absolute Gasteiger partial charge is 0.338 e. The highest BCUT2D eigenvalue weighted by molar-refractivity contribution is 6.33. The normalized spacial score (nSPS) is 13.7. The molecule has 27 heavy (non-hydrogen) atoms. The van der Waals surface area contributed by atoms with E-state index in [1.165, 1.54) is 13.0 Å². The maximum absolute atomic E-state index is 13.1. The molecule has 2 aromatic rings. The van der Waals surface area contributed by atoms with Crippen LogP contribution in [0.5, 0.6) is 5.75 Å². The topological polar surface area (TPSA) is 64.6 Å². The fourth-order valence-electron chi connectivity index (χ4n) is 2.38. The van der Waals surface area contributed by atoms with Crippen molar-refractivity contribution in [1.82, 2.24) is 0 Å². The molecule has 2 aromatic carbocycles. The van der Waals surface area contributed by atoms with Crippen molar-refractivity contribution < 1.29 is 23.5 Å². The Labute approximate surface area is 164 Å². The summed E-state index contributed by atoms with van der Waals surface area (Å²) in [4.78, 5) is 24.5. The second kappa shape index (κ2) is 7.98. The molecule has 0 aliphatic carbocycles. The number of hydrogen-bond acceptors (Lipinski definition) is 4. The summed E-state index contributed by atoms with van der Waals surface area (Å²) in [5.41, 5.74) is 1.12. The van der Waals surface area contributed by atoms with Gasteiger partial charge in [0.2, 0.25) is 0 Å². The summed E-state index contributed by atoms with van der Waals surface area (Å²) in [5, 5.41) is 3.03. The largest absolute Gasteiger partial charge is 0.488 e. The highest BCUT2D eigenvalue weighted by Crippen LogP contribution is 2.29. The van der Waals surface area contributed by atoms with Crippen molar-refractivity contribution in [1.29, 1.82) is 0 Å². The van der Waals surface area contributed by atoms with E-state index in [0.717, 1.165) is 12.1 Å². The van der Waals surface area contributed by atoms with E-state index in [-0.39, 0.29) is 22.9 Å². The molecule has 1 aliphatic rings. The Morgan fingerprint density at radius 2 is 2.00 bits per heavy atom. The number of nitrogens with one attached hydrogen (secondary N) is 1. The van der Waals surface area contributed by atoms with Crippen molar-refractivity contribution >= 4 is 46.8 Å². The number of ether oxygens (including phenoxy) is 2. The molecule has 0 radical (unpaired) electrons. The summed E-state index contributed by atoms with van der Waals surface area (Å²) in [5.74, 6) is -1.21. The van der Waals surface area contributed by atoms with Crippen LogP contribution in [0.3, 0.4) is 0 Å². The molecule has 0 spiro atoms. The predicted octanol–water partition coefficient (Wildman–Crippen LogP) is 4.48. The maximum Gasteiger partial charge on any atom is 0.338 e. The second-order valence-electron chi connectivity index (χ2n) is 5.80. The van der Waals surface area contributed by atoms with Crippen molar-refractivity contribution in [2.45, 2.75) is 13.0 Å². The van der Waals surface area contributed by atoms with E-state index in [4.69, 9.17) is 32.7 Å². The van der Waals surface area contributed by atoms with Gasteiger partial charge in [-0.25, -0.2) is 9.18 Å². The summed E-state index contributed by atoms with van der Waals surface area (Å²) in [6.07, 6.45) is 0.509. The molecular weight excluding hydrogens is 396 g/mol. The molecule has 1 N–H and O–H groups in total.